The molecule has 2 aromatic heterocycles. The van der Waals surface area contributed by atoms with E-state index >= 15 is 0 Å². The van der Waals surface area contributed by atoms with Crippen LogP contribution < -0.4 is 11.2 Å². The number of fused-ring (bicyclic) bond motifs is 1. The van der Waals surface area contributed by atoms with Crippen molar-refractivity contribution in [2.45, 2.75) is 39.3 Å². The summed E-state index contributed by atoms with van der Waals surface area (Å²) in [5.41, 5.74) is 0.168. The van der Waals surface area contributed by atoms with E-state index in [-0.39, 0.29) is 12.3 Å². The molecule has 2 rings (SSSR count). The van der Waals surface area contributed by atoms with Gasteiger partial charge >= 0.3 is 5.69 Å². The number of hydrogen-bond donors (Lipinski definition) is 1. The minimum absolute atomic E-state index is 0.191. The highest BCUT2D eigenvalue weighted by Gasteiger charge is 2.14. The molecule has 5 nitrogen and oxygen atoms in total. The molecular formula is C13H20N2O3SSi. The standard InChI is InChI=1S/C13H20N2O3SSi/c1-9-7-19-12-10(9)11(16)14-13(17)15(12)8-18-5-6-20(2,3)4/h7H,5-6,8H2,1-4H3,(H,14,16,17). The van der Waals surface area contributed by atoms with Gasteiger partial charge in [-0.25, -0.2) is 4.79 Å². The molecule has 0 saturated heterocycles. The van der Waals surface area contributed by atoms with E-state index in [1.165, 1.54) is 15.9 Å². The summed E-state index contributed by atoms with van der Waals surface area (Å²) in [7, 11) is -1.14. The van der Waals surface area contributed by atoms with Crippen LogP contribution in [0.1, 0.15) is 5.56 Å². The van der Waals surface area contributed by atoms with E-state index in [0.717, 1.165) is 11.6 Å². The Balaban J connectivity index is 2.22. The molecule has 0 unspecified atom stereocenters. The maximum absolute atomic E-state index is 11.9. The lowest BCUT2D eigenvalue weighted by Crippen LogP contribution is -2.31. The molecule has 0 saturated carbocycles. The second-order valence-corrected chi connectivity index (χ2v) is 12.6. The molecule has 110 valence electrons. The van der Waals surface area contributed by atoms with Crippen LogP contribution in [0, 0.1) is 6.92 Å². The van der Waals surface area contributed by atoms with Gasteiger partial charge in [-0.3, -0.25) is 14.3 Å². The van der Waals surface area contributed by atoms with Crippen molar-refractivity contribution in [3.8, 4) is 0 Å². The van der Waals surface area contributed by atoms with Crippen molar-refractivity contribution in [3.05, 3.63) is 31.8 Å². The van der Waals surface area contributed by atoms with Crippen LogP contribution in [-0.4, -0.2) is 24.2 Å². The normalized spacial score (nSPS) is 12.2. The smallest absolute Gasteiger partial charge is 0.331 e. The zero-order valence-corrected chi connectivity index (χ0v) is 14.1. The summed E-state index contributed by atoms with van der Waals surface area (Å²) >= 11 is 1.40. The largest absolute Gasteiger partial charge is 0.361 e. The zero-order chi connectivity index (χ0) is 14.9. The maximum Gasteiger partial charge on any atom is 0.331 e. The SMILES string of the molecule is Cc1csc2c1c(=O)[nH]c(=O)n2COCC[Si](C)(C)C. The van der Waals surface area contributed by atoms with Crippen LogP contribution in [0.4, 0.5) is 0 Å². The fourth-order valence-electron chi connectivity index (χ4n) is 1.88. The molecule has 0 spiro atoms. The van der Waals surface area contributed by atoms with E-state index in [2.05, 4.69) is 24.6 Å². The number of nitrogens with zero attached hydrogens (tertiary/aromatic N) is 1. The van der Waals surface area contributed by atoms with Crippen LogP contribution in [0.2, 0.25) is 25.7 Å². The number of aromatic nitrogens is 2. The first-order valence-electron chi connectivity index (χ1n) is 6.58. The van der Waals surface area contributed by atoms with Gasteiger partial charge in [0, 0.05) is 14.7 Å². The van der Waals surface area contributed by atoms with Gasteiger partial charge in [0.15, 0.2) is 0 Å². The Labute approximate surface area is 122 Å². The Morgan fingerprint density at radius 3 is 2.70 bits per heavy atom. The minimum Gasteiger partial charge on any atom is -0.361 e. The number of rotatable bonds is 5. The lowest BCUT2D eigenvalue weighted by molar-refractivity contribution is 0.0872. The van der Waals surface area contributed by atoms with Gasteiger partial charge in [-0.05, 0) is 23.9 Å². The predicted octanol–water partition coefficient (Wildman–Crippen LogP) is 2.37. The Morgan fingerprint density at radius 1 is 1.35 bits per heavy atom. The second-order valence-electron chi connectivity index (χ2n) is 6.13. The molecular weight excluding hydrogens is 292 g/mol. The number of thiophene rings is 1. The van der Waals surface area contributed by atoms with Crippen molar-refractivity contribution >= 4 is 29.6 Å². The Bertz CT molecular complexity index is 724. The second kappa shape index (κ2) is 5.67. The van der Waals surface area contributed by atoms with Gasteiger partial charge in [0.2, 0.25) is 0 Å². The lowest BCUT2D eigenvalue weighted by Gasteiger charge is -2.15. The highest BCUT2D eigenvalue weighted by Crippen LogP contribution is 2.20. The van der Waals surface area contributed by atoms with E-state index in [0.29, 0.717) is 16.8 Å². The van der Waals surface area contributed by atoms with Gasteiger partial charge in [0.1, 0.15) is 11.6 Å². The summed E-state index contributed by atoms with van der Waals surface area (Å²) in [6, 6.07) is 1.05. The van der Waals surface area contributed by atoms with E-state index in [9.17, 15) is 9.59 Å². The zero-order valence-electron chi connectivity index (χ0n) is 12.3. The van der Waals surface area contributed by atoms with Gasteiger partial charge in [-0.1, -0.05) is 19.6 Å². The highest BCUT2D eigenvalue weighted by molar-refractivity contribution is 7.17. The molecule has 0 atom stereocenters. The molecule has 0 fully saturated rings. The van der Waals surface area contributed by atoms with Crippen molar-refractivity contribution in [2.24, 2.45) is 0 Å². The lowest BCUT2D eigenvalue weighted by atomic mass is 10.3. The van der Waals surface area contributed by atoms with Crippen LogP contribution in [0.5, 0.6) is 0 Å². The number of nitrogens with one attached hydrogen (secondary N) is 1. The van der Waals surface area contributed by atoms with Crippen LogP contribution in [-0.2, 0) is 11.5 Å². The topological polar surface area (TPSA) is 64.1 Å². The van der Waals surface area contributed by atoms with Gasteiger partial charge in [-0.15, -0.1) is 11.3 Å². The third kappa shape index (κ3) is 3.28. The quantitative estimate of drug-likeness (QED) is 0.681. The van der Waals surface area contributed by atoms with Crippen LogP contribution in [0.15, 0.2) is 15.0 Å². The maximum atomic E-state index is 11.9. The van der Waals surface area contributed by atoms with Crippen molar-refractivity contribution in [2.75, 3.05) is 6.61 Å². The molecule has 0 aromatic carbocycles. The van der Waals surface area contributed by atoms with Gasteiger partial charge in [-0.2, -0.15) is 0 Å². The molecule has 0 radical (unpaired) electrons. The first kappa shape index (κ1) is 15.2. The number of hydrogen-bond acceptors (Lipinski definition) is 4. The molecule has 1 N–H and O–H groups in total. The first-order valence-corrected chi connectivity index (χ1v) is 11.2. The number of aryl methyl sites for hydroxylation is 1. The Kier molecular flexibility index (Phi) is 4.31. The monoisotopic (exact) mass is 312 g/mol. The van der Waals surface area contributed by atoms with Gasteiger partial charge in [0.05, 0.1) is 5.39 Å². The third-order valence-electron chi connectivity index (χ3n) is 3.11. The molecule has 0 aliphatic rings. The predicted molar refractivity (Wildman–Crippen MR) is 85.5 cm³/mol. The molecule has 0 bridgehead atoms. The van der Waals surface area contributed by atoms with Crippen LogP contribution in [0.3, 0.4) is 0 Å². The number of ether oxygens (including phenoxy) is 1. The Morgan fingerprint density at radius 2 is 2.05 bits per heavy atom. The molecule has 0 amide bonds. The van der Waals surface area contributed by atoms with Gasteiger partial charge in [0.25, 0.3) is 5.56 Å². The molecule has 7 heteroatoms. The van der Waals surface area contributed by atoms with E-state index < -0.39 is 13.8 Å². The summed E-state index contributed by atoms with van der Waals surface area (Å²) in [5.74, 6) is 0. The fourth-order valence-corrected chi connectivity index (χ4v) is 3.67. The summed E-state index contributed by atoms with van der Waals surface area (Å²) < 4.78 is 7.11. The molecule has 20 heavy (non-hydrogen) atoms. The highest BCUT2D eigenvalue weighted by atomic mass is 32.1. The van der Waals surface area contributed by atoms with E-state index in [4.69, 9.17) is 4.74 Å². The molecule has 0 aliphatic carbocycles. The number of aromatic amines is 1. The summed E-state index contributed by atoms with van der Waals surface area (Å²) in [6.45, 7) is 9.55. The summed E-state index contributed by atoms with van der Waals surface area (Å²) in [5, 5.41) is 2.47. The fraction of sp³-hybridized carbons (Fsp3) is 0.538. The third-order valence-corrected chi connectivity index (χ3v) is 5.93. The minimum atomic E-state index is -1.14. The summed E-state index contributed by atoms with van der Waals surface area (Å²) in [6.07, 6.45) is 0. The Hall–Kier alpha value is -1.18. The first-order chi connectivity index (χ1) is 9.29. The van der Waals surface area contributed by atoms with Gasteiger partial charge < -0.3 is 4.74 Å². The van der Waals surface area contributed by atoms with E-state index in [1.807, 2.05) is 12.3 Å². The molecule has 2 heterocycles. The average molecular weight is 312 g/mol. The molecule has 0 aliphatic heterocycles. The van der Waals surface area contributed by atoms with Crippen molar-refractivity contribution in [1.29, 1.82) is 0 Å². The summed E-state index contributed by atoms with van der Waals surface area (Å²) in [4.78, 5) is 26.7. The average Bonchev–Trinajstić information content (AvgIpc) is 2.69. The molecule has 2 aromatic rings. The van der Waals surface area contributed by atoms with Crippen molar-refractivity contribution < 1.29 is 4.74 Å². The van der Waals surface area contributed by atoms with Crippen molar-refractivity contribution in [3.63, 3.8) is 0 Å². The van der Waals surface area contributed by atoms with E-state index in [1.54, 1.807) is 0 Å². The van der Waals surface area contributed by atoms with Crippen LogP contribution >= 0.6 is 11.3 Å². The van der Waals surface area contributed by atoms with Crippen molar-refractivity contribution in [1.82, 2.24) is 9.55 Å². The van der Waals surface area contributed by atoms with Crippen LogP contribution in [0.25, 0.3) is 10.2 Å². The number of H-pyrrole nitrogens is 1.